The zero-order valence-electron chi connectivity index (χ0n) is 12.5. The van der Waals surface area contributed by atoms with Crippen LogP contribution in [0.3, 0.4) is 0 Å². The summed E-state index contributed by atoms with van der Waals surface area (Å²) >= 11 is 0. The summed E-state index contributed by atoms with van der Waals surface area (Å²) < 4.78 is 1.85. The Morgan fingerprint density at radius 3 is 2.59 bits per heavy atom. The molecule has 0 radical (unpaired) electrons. The van der Waals surface area contributed by atoms with Crippen molar-refractivity contribution >= 4 is 23.1 Å². The molecular formula is C16H17N5O. The molecule has 2 aromatic heterocycles. The maximum absolute atomic E-state index is 10.6. The number of hydrogen-bond acceptors (Lipinski definition) is 5. The third-order valence-electron chi connectivity index (χ3n) is 3.55. The summed E-state index contributed by atoms with van der Waals surface area (Å²) in [6.07, 6.45) is 2.76. The van der Waals surface area contributed by atoms with Crippen LogP contribution in [0.25, 0.3) is 22.3 Å². The number of nitrogen functional groups attached to an aromatic ring is 1. The van der Waals surface area contributed by atoms with Gasteiger partial charge in [0.1, 0.15) is 24.1 Å². The Bertz CT molecular complexity index is 820. The lowest BCUT2D eigenvalue weighted by Crippen LogP contribution is -2.04. The highest BCUT2D eigenvalue weighted by molar-refractivity contribution is 5.98. The second-order valence-electron chi connectivity index (χ2n) is 5.41. The average Bonchev–Trinajstić information content (AvgIpc) is 2.90. The van der Waals surface area contributed by atoms with Crippen LogP contribution in [0.2, 0.25) is 0 Å². The standard InChI is InChI=1S/C16H17N5O/c1-10(2)21-16-13(15(17)18-9-19-16)14(20-21)12-5-3-11(4-6-12)7-8-22/h3-6,8-10H,7H2,1-2H3,(H2,17,18,19). The second kappa shape index (κ2) is 5.55. The Hall–Kier alpha value is -2.76. The summed E-state index contributed by atoms with van der Waals surface area (Å²) in [7, 11) is 0. The maximum atomic E-state index is 10.6. The monoisotopic (exact) mass is 295 g/mol. The Morgan fingerprint density at radius 2 is 1.95 bits per heavy atom. The van der Waals surface area contributed by atoms with Crippen molar-refractivity contribution in [2.75, 3.05) is 5.73 Å². The minimum absolute atomic E-state index is 0.167. The van der Waals surface area contributed by atoms with Gasteiger partial charge in [-0.1, -0.05) is 24.3 Å². The molecule has 0 aliphatic heterocycles. The number of nitrogens with two attached hydrogens (primary N) is 1. The predicted molar refractivity (Wildman–Crippen MR) is 85.3 cm³/mol. The van der Waals surface area contributed by atoms with E-state index in [-0.39, 0.29) is 6.04 Å². The molecule has 0 saturated heterocycles. The van der Waals surface area contributed by atoms with Gasteiger partial charge in [0, 0.05) is 18.0 Å². The minimum Gasteiger partial charge on any atom is -0.383 e. The van der Waals surface area contributed by atoms with Gasteiger partial charge in [0.25, 0.3) is 0 Å². The Balaban J connectivity index is 2.19. The van der Waals surface area contributed by atoms with Crippen LogP contribution in [-0.2, 0) is 11.2 Å². The second-order valence-corrected chi connectivity index (χ2v) is 5.41. The van der Waals surface area contributed by atoms with Crippen molar-refractivity contribution < 1.29 is 4.79 Å². The quantitative estimate of drug-likeness (QED) is 0.747. The molecule has 2 heterocycles. The van der Waals surface area contributed by atoms with E-state index in [0.717, 1.165) is 34.1 Å². The fraction of sp³-hybridized carbons (Fsp3) is 0.250. The number of anilines is 1. The molecule has 112 valence electrons. The van der Waals surface area contributed by atoms with E-state index in [4.69, 9.17) is 5.73 Å². The number of hydrogen-bond donors (Lipinski definition) is 1. The zero-order valence-corrected chi connectivity index (χ0v) is 12.5. The van der Waals surface area contributed by atoms with Crippen molar-refractivity contribution in [3.8, 4) is 11.3 Å². The highest BCUT2D eigenvalue weighted by Gasteiger charge is 2.18. The van der Waals surface area contributed by atoms with Gasteiger partial charge in [-0.15, -0.1) is 0 Å². The molecule has 3 aromatic rings. The topological polar surface area (TPSA) is 86.7 Å². The van der Waals surface area contributed by atoms with Crippen LogP contribution < -0.4 is 5.73 Å². The summed E-state index contributed by atoms with van der Waals surface area (Å²) in [5, 5.41) is 5.42. The lowest BCUT2D eigenvalue weighted by molar-refractivity contribution is -0.107. The summed E-state index contributed by atoms with van der Waals surface area (Å²) in [5.74, 6) is 0.420. The number of fused-ring (bicyclic) bond motifs is 1. The number of carbonyl (C=O) groups excluding carboxylic acids is 1. The van der Waals surface area contributed by atoms with E-state index >= 15 is 0 Å². The van der Waals surface area contributed by atoms with Gasteiger partial charge in [-0.05, 0) is 19.4 Å². The first-order valence-corrected chi connectivity index (χ1v) is 7.13. The predicted octanol–water partition coefficient (Wildman–Crippen LogP) is 2.40. The van der Waals surface area contributed by atoms with Crippen LogP contribution in [-0.4, -0.2) is 26.0 Å². The Kier molecular flexibility index (Phi) is 3.58. The number of aromatic nitrogens is 4. The van der Waals surface area contributed by atoms with Gasteiger partial charge in [0.15, 0.2) is 5.65 Å². The number of aldehydes is 1. The molecule has 6 heteroatoms. The van der Waals surface area contributed by atoms with Crippen molar-refractivity contribution in [1.29, 1.82) is 0 Å². The van der Waals surface area contributed by atoms with Crippen molar-refractivity contribution in [1.82, 2.24) is 19.7 Å². The van der Waals surface area contributed by atoms with Gasteiger partial charge < -0.3 is 10.5 Å². The van der Waals surface area contributed by atoms with Crippen LogP contribution >= 0.6 is 0 Å². The van der Waals surface area contributed by atoms with E-state index in [0.29, 0.717) is 12.2 Å². The number of rotatable bonds is 4. The summed E-state index contributed by atoms with van der Waals surface area (Å²) in [6.45, 7) is 4.09. The molecule has 22 heavy (non-hydrogen) atoms. The summed E-state index contributed by atoms with van der Waals surface area (Å²) in [5.41, 5.74) is 9.43. The van der Waals surface area contributed by atoms with Gasteiger partial charge in [0.2, 0.25) is 0 Å². The van der Waals surface area contributed by atoms with E-state index in [1.54, 1.807) is 0 Å². The molecule has 0 bridgehead atoms. The molecule has 0 amide bonds. The van der Waals surface area contributed by atoms with Gasteiger partial charge in [0.05, 0.1) is 5.39 Å². The molecule has 3 rings (SSSR count). The van der Waals surface area contributed by atoms with Gasteiger partial charge >= 0.3 is 0 Å². The highest BCUT2D eigenvalue weighted by atomic mass is 16.1. The van der Waals surface area contributed by atoms with Crippen molar-refractivity contribution in [3.05, 3.63) is 36.2 Å². The van der Waals surface area contributed by atoms with Crippen molar-refractivity contribution in [3.63, 3.8) is 0 Å². The first kappa shape index (κ1) is 14.2. The first-order valence-electron chi connectivity index (χ1n) is 7.13. The molecule has 0 unspecified atom stereocenters. The molecule has 0 aliphatic rings. The van der Waals surface area contributed by atoms with Crippen molar-refractivity contribution in [2.45, 2.75) is 26.3 Å². The molecule has 0 spiro atoms. The summed E-state index contributed by atoms with van der Waals surface area (Å²) in [6, 6.07) is 7.89. The minimum atomic E-state index is 0.167. The SMILES string of the molecule is CC(C)n1nc(-c2ccc(CC=O)cc2)c2c(N)ncnc21. The van der Waals surface area contributed by atoms with E-state index in [1.807, 2.05) is 42.8 Å². The fourth-order valence-electron chi connectivity index (χ4n) is 2.45. The Morgan fingerprint density at radius 1 is 1.23 bits per heavy atom. The van der Waals surface area contributed by atoms with Gasteiger partial charge in [-0.2, -0.15) is 5.10 Å². The van der Waals surface area contributed by atoms with Crippen LogP contribution in [0.5, 0.6) is 0 Å². The van der Waals surface area contributed by atoms with Crippen LogP contribution in [0.1, 0.15) is 25.5 Å². The molecule has 0 aliphatic carbocycles. The number of benzene rings is 1. The lowest BCUT2D eigenvalue weighted by atomic mass is 10.1. The molecule has 0 saturated carbocycles. The van der Waals surface area contributed by atoms with Gasteiger partial charge in [-0.25, -0.2) is 14.6 Å². The zero-order chi connectivity index (χ0) is 15.7. The molecule has 2 N–H and O–H groups in total. The molecule has 0 atom stereocenters. The third-order valence-corrected chi connectivity index (χ3v) is 3.55. The number of carbonyl (C=O) groups is 1. The molecule has 1 aromatic carbocycles. The third kappa shape index (κ3) is 2.32. The molecule has 6 nitrogen and oxygen atoms in total. The molecule has 0 fully saturated rings. The van der Waals surface area contributed by atoms with Crippen molar-refractivity contribution in [2.24, 2.45) is 0 Å². The molecular weight excluding hydrogens is 278 g/mol. The smallest absolute Gasteiger partial charge is 0.164 e. The van der Waals surface area contributed by atoms with E-state index in [2.05, 4.69) is 15.1 Å². The van der Waals surface area contributed by atoms with Crippen LogP contribution in [0.4, 0.5) is 5.82 Å². The van der Waals surface area contributed by atoms with E-state index in [1.165, 1.54) is 6.33 Å². The maximum Gasteiger partial charge on any atom is 0.164 e. The number of nitrogens with zero attached hydrogens (tertiary/aromatic N) is 4. The first-order chi connectivity index (χ1) is 10.6. The van der Waals surface area contributed by atoms with E-state index < -0.39 is 0 Å². The largest absolute Gasteiger partial charge is 0.383 e. The highest BCUT2D eigenvalue weighted by Crippen LogP contribution is 2.31. The normalized spacial score (nSPS) is 11.2. The summed E-state index contributed by atoms with van der Waals surface area (Å²) in [4.78, 5) is 19.0. The van der Waals surface area contributed by atoms with Gasteiger partial charge in [-0.3, -0.25) is 0 Å². The fourth-order valence-corrected chi connectivity index (χ4v) is 2.45. The lowest BCUT2D eigenvalue weighted by Gasteiger charge is -2.05. The Labute approximate surface area is 128 Å². The average molecular weight is 295 g/mol. The van der Waals surface area contributed by atoms with Crippen LogP contribution in [0, 0.1) is 0 Å². The van der Waals surface area contributed by atoms with Crippen LogP contribution in [0.15, 0.2) is 30.6 Å². The van der Waals surface area contributed by atoms with E-state index in [9.17, 15) is 4.79 Å².